The van der Waals surface area contributed by atoms with E-state index < -0.39 is 0 Å². The third-order valence-electron chi connectivity index (χ3n) is 2.31. The van der Waals surface area contributed by atoms with Gasteiger partial charge >= 0.3 is 0 Å². The first-order chi connectivity index (χ1) is 5.79. The lowest BCUT2D eigenvalue weighted by Gasteiger charge is -2.41. The van der Waals surface area contributed by atoms with Crippen LogP contribution in [0.25, 0.3) is 0 Å². The van der Waals surface area contributed by atoms with E-state index in [2.05, 4.69) is 18.5 Å². The molecule has 1 saturated heterocycles. The fourth-order valence-corrected chi connectivity index (χ4v) is 1.39. The zero-order valence-electron chi connectivity index (χ0n) is 7.15. The summed E-state index contributed by atoms with van der Waals surface area (Å²) >= 11 is 0. The summed E-state index contributed by atoms with van der Waals surface area (Å²) in [7, 11) is 0. The quantitative estimate of drug-likeness (QED) is 0.630. The second kappa shape index (κ2) is 3.68. The highest BCUT2D eigenvalue weighted by Gasteiger charge is 2.39. The van der Waals surface area contributed by atoms with E-state index in [1.807, 2.05) is 6.08 Å². The van der Waals surface area contributed by atoms with Gasteiger partial charge in [0, 0.05) is 18.5 Å². The maximum Gasteiger partial charge on any atom is 0.102 e. The molecule has 0 spiro atoms. The molecule has 1 fully saturated rings. The molecule has 0 unspecified atom stereocenters. The molecule has 1 heterocycles. The van der Waals surface area contributed by atoms with Crippen LogP contribution in [0, 0.1) is 5.41 Å². The zero-order valence-corrected chi connectivity index (χ0v) is 7.15. The number of nitrogens with one attached hydrogen (secondary N) is 1. The van der Waals surface area contributed by atoms with E-state index in [1.165, 1.54) is 0 Å². The van der Waals surface area contributed by atoms with Crippen LogP contribution in [0.4, 0.5) is 4.39 Å². The zero-order chi connectivity index (χ0) is 9.03. The molecule has 0 aromatic heterocycles. The van der Waals surface area contributed by atoms with Crippen molar-refractivity contribution in [3.05, 3.63) is 37.0 Å². The van der Waals surface area contributed by atoms with Crippen LogP contribution in [0.5, 0.6) is 0 Å². The molecule has 0 bridgehead atoms. The lowest BCUT2D eigenvalue weighted by Crippen LogP contribution is -2.55. The van der Waals surface area contributed by atoms with Gasteiger partial charge in [-0.15, -0.1) is 0 Å². The smallest absolute Gasteiger partial charge is 0.102 e. The van der Waals surface area contributed by atoms with E-state index in [0.717, 1.165) is 5.57 Å². The molecule has 0 radical (unpaired) electrons. The average Bonchev–Trinajstić information content (AvgIpc) is 2.02. The molecule has 0 aromatic carbocycles. The van der Waals surface area contributed by atoms with E-state index >= 15 is 0 Å². The molecule has 1 nitrogen and oxygen atoms in total. The monoisotopic (exact) mass is 167 g/mol. The van der Waals surface area contributed by atoms with Gasteiger partial charge in [-0.25, -0.2) is 0 Å². The number of rotatable bonds is 4. The lowest BCUT2D eigenvalue weighted by molar-refractivity contribution is 0.169. The van der Waals surface area contributed by atoms with Gasteiger partial charge in [0.25, 0.3) is 0 Å². The summed E-state index contributed by atoms with van der Waals surface area (Å²) in [6.07, 6.45) is 5.21. The van der Waals surface area contributed by atoms with Gasteiger partial charge in [0.05, 0.1) is 0 Å². The maximum atomic E-state index is 12.7. The van der Waals surface area contributed by atoms with Crippen molar-refractivity contribution >= 4 is 0 Å². The average molecular weight is 167 g/mol. The van der Waals surface area contributed by atoms with Gasteiger partial charge in [-0.05, 0) is 5.57 Å². The molecule has 0 amide bonds. The van der Waals surface area contributed by atoms with E-state index in [1.54, 1.807) is 12.2 Å². The molecular weight excluding hydrogens is 153 g/mol. The van der Waals surface area contributed by atoms with Gasteiger partial charge in [0.1, 0.15) is 6.67 Å². The fraction of sp³-hybridized carbons (Fsp3) is 0.400. The molecule has 12 heavy (non-hydrogen) atoms. The van der Waals surface area contributed by atoms with Gasteiger partial charge in [-0.1, -0.05) is 31.4 Å². The molecule has 0 atom stereocenters. The molecule has 1 rings (SSSR count). The third kappa shape index (κ3) is 1.34. The second-order valence-corrected chi connectivity index (χ2v) is 3.08. The van der Waals surface area contributed by atoms with Gasteiger partial charge < -0.3 is 5.32 Å². The SMILES string of the molecule is C=C/C=C(\C=C)C1(CF)CNC1. The molecule has 0 aliphatic carbocycles. The highest BCUT2D eigenvalue weighted by atomic mass is 19.1. The first-order valence-corrected chi connectivity index (χ1v) is 4.01. The summed E-state index contributed by atoms with van der Waals surface area (Å²) in [6, 6.07) is 0. The van der Waals surface area contributed by atoms with Crippen molar-refractivity contribution in [1.82, 2.24) is 5.32 Å². The van der Waals surface area contributed by atoms with Crippen LogP contribution in [0.1, 0.15) is 0 Å². The van der Waals surface area contributed by atoms with Crippen molar-refractivity contribution in [2.24, 2.45) is 5.41 Å². The fourth-order valence-electron chi connectivity index (χ4n) is 1.39. The topological polar surface area (TPSA) is 12.0 Å². The number of alkyl halides is 1. The van der Waals surface area contributed by atoms with Crippen LogP contribution < -0.4 is 5.32 Å². The van der Waals surface area contributed by atoms with E-state index in [0.29, 0.717) is 13.1 Å². The highest BCUT2D eigenvalue weighted by Crippen LogP contribution is 2.32. The Labute approximate surface area is 72.7 Å². The Kier molecular flexibility index (Phi) is 2.82. The largest absolute Gasteiger partial charge is 0.315 e. The van der Waals surface area contributed by atoms with Crippen molar-refractivity contribution in [2.75, 3.05) is 19.8 Å². The minimum atomic E-state index is -0.328. The molecule has 2 heteroatoms. The molecule has 1 aliphatic rings. The maximum absolute atomic E-state index is 12.7. The predicted molar refractivity (Wildman–Crippen MR) is 49.8 cm³/mol. The van der Waals surface area contributed by atoms with Gasteiger partial charge in [0.15, 0.2) is 0 Å². The Morgan fingerprint density at radius 1 is 1.50 bits per heavy atom. The molecule has 66 valence electrons. The van der Waals surface area contributed by atoms with Crippen molar-refractivity contribution < 1.29 is 4.39 Å². The molecular formula is C10H14FN. The van der Waals surface area contributed by atoms with Gasteiger partial charge in [-0.2, -0.15) is 0 Å². The summed E-state index contributed by atoms with van der Waals surface area (Å²) in [5, 5.41) is 3.06. The number of allylic oxidation sites excluding steroid dienone is 3. The van der Waals surface area contributed by atoms with E-state index in [4.69, 9.17) is 0 Å². The number of hydrogen-bond donors (Lipinski definition) is 1. The highest BCUT2D eigenvalue weighted by molar-refractivity contribution is 5.32. The van der Waals surface area contributed by atoms with Crippen LogP contribution in [0.15, 0.2) is 37.0 Å². The van der Waals surface area contributed by atoms with Crippen molar-refractivity contribution in [3.8, 4) is 0 Å². The van der Waals surface area contributed by atoms with Crippen LogP contribution in [0.2, 0.25) is 0 Å². The number of hydrogen-bond acceptors (Lipinski definition) is 1. The predicted octanol–water partition coefficient (Wildman–Crippen LogP) is 1.84. The van der Waals surface area contributed by atoms with E-state index in [-0.39, 0.29) is 12.1 Å². The Bertz CT molecular complexity index is 208. The first kappa shape index (κ1) is 9.20. The Morgan fingerprint density at radius 2 is 2.17 bits per heavy atom. The summed E-state index contributed by atoms with van der Waals surface area (Å²) in [6.45, 7) is 8.33. The van der Waals surface area contributed by atoms with Crippen LogP contribution >= 0.6 is 0 Å². The van der Waals surface area contributed by atoms with Crippen molar-refractivity contribution in [1.29, 1.82) is 0 Å². The second-order valence-electron chi connectivity index (χ2n) is 3.08. The lowest BCUT2D eigenvalue weighted by atomic mass is 9.75. The van der Waals surface area contributed by atoms with Gasteiger partial charge in [-0.3, -0.25) is 4.39 Å². The number of halogens is 1. The van der Waals surface area contributed by atoms with Crippen molar-refractivity contribution in [3.63, 3.8) is 0 Å². The molecule has 1 aliphatic heterocycles. The third-order valence-corrected chi connectivity index (χ3v) is 2.31. The summed E-state index contributed by atoms with van der Waals surface area (Å²) in [5.74, 6) is 0. The Balaban J connectivity index is 2.81. The summed E-state index contributed by atoms with van der Waals surface area (Å²) in [4.78, 5) is 0. The Morgan fingerprint density at radius 3 is 2.42 bits per heavy atom. The summed E-state index contributed by atoms with van der Waals surface area (Å²) in [5.41, 5.74) is 0.620. The summed E-state index contributed by atoms with van der Waals surface area (Å²) < 4.78 is 12.7. The molecule has 0 aromatic rings. The molecule has 1 N–H and O–H groups in total. The van der Waals surface area contributed by atoms with Crippen LogP contribution in [0.3, 0.4) is 0 Å². The standard InChI is InChI=1S/C10H14FN/c1-3-5-9(4-2)10(6-11)7-12-8-10/h3-5,12H,1-2,6-8H2/b9-5+. The van der Waals surface area contributed by atoms with E-state index in [9.17, 15) is 4.39 Å². The van der Waals surface area contributed by atoms with Crippen LogP contribution in [-0.4, -0.2) is 19.8 Å². The normalized spacial score (nSPS) is 21.2. The van der Waals surface area contributed by atoms with Crippen LogP contribution in [-0.2, 0) is 0 Å². The first-order valence-electron chi connectivity index (χ1n) is 4.01. The van der Waals surface area contributed by atoms with Crippen molar-refractivity contribution in [2.45, 2.75) is 0 Å². The van der Waals surface area contributed by atoms with Gasteiger partial charge in [0.2, 0.25) is 0 Å². The molecule has 0 saturated carbocycles. The minimum Gasteiger partial charge on any atom is -0.315 e. The minimum absolute atomic E-state index is 0.323. The Hall–Kier alpha value is -0.890.